The van der Waals surface area contributed by atoms with E-state index in [1.54, 1.807) is 6.07 Å². The fourth-order valence-corrected chi connectivity index (χ4v) is 6.37. The molecule has 0 spiro atoms. The normalized spacial score (nSPS) is 16.9. The maximum atomic E-state index is 15.3. The summed E-state index contributed by atoms with van der Waals surface area (Å²) < 4.78 is 135. The summed E-state index contributed by atoms with van der Waals surface area (Å²) in [5, 5.41) is 0. The van der Waals surface area contributed by atoms with Crippen LogP contribution in [-0.4, -0.2) is 12.8 Å². The molecule has 11 heteroatoms. The molecule has 262 valence electrons. The van der Waals surface area contributed by atoms with Crippen LogP contribution in [0, 0.1) is 29.2 Å². The molecule has 1 aliphatic rings. The van der Waals surface area contributed by atoms with Crippen molar-refractivity contribution >= 4 is 0 Å². The largest absolute Gasteiger partial charge is 0.481 e. The molecule has 5 rings (SSSR count). The standard InChI is InChI=1S/C38H35F9O2/c1-2-3-4-5-23-6-8-24(9-7-23)25-10-12-26(13-11-25)27-14-16-30(31(39)18-27)28-19-33(41)36(34(42)20-28)38(46,47)49-29-15-17-35(32(40)21-29)48-22-37(43,44)45/h10-21,23-24H,2-9,22H2,1H3. The lowest BCUT2D eigenvalue weighted by Gasteiger charge is -2.29. The van der Waals surface area contributed by atoms with Gasteiger partial charge in [-0.3, -0.25) is 0 Å². The molecule has 4 aromatic rings. The van der Waals surface area contributed by atoms with Crippen molar-refractivity contribution in [3.8, 4) is 33.8 Å². The molecular formula is C38H35F9O2. The molecule has 0 saturated heterocycles. The van der Waals surface area contributed by atoms with E-state index in [1.165, 1.54) is 56.2 Å². The highest BCUT2D eigenvalue weighted by molar-refractivity contribution is 5.71. The van der Waals surface area contributed by atoms with Gasteiger partial charge in [-0.25, -0.2) is 17.6 Å². The zero-order valence-corrected chi connectivity index (χ0v) is 26.7. The molecule has 2 nitrogen and oxygen atoms in total. The van der Waals surface area contributed by atoms with Crippen molar-refractivity contribution in [1.29, 1.82) is 0 Å². The van der Waals surface area contributed by atoms with E-state index in [0.717, 1.165) is 24.3 Å². The van der Waals surface area contributed by atoms with Crippen LogP contribution >= 0.6 is 0 Å². The summed E-state index contributed by atoms with van der Waals surface area (Å²) in [7, 11) is 0. The van der Waals surface area contributed by atoms with Crippen LogP contribution in [0.4, 0.5) is 39.5 Å². The second-order valence-corrected chi connectivity index (χ2v) is 12.5. The van der Waals surface area contributed by atoms with E-state index in [1.807, 2.05) is 24.3 Å². The smallest absolute Gasteiger partial charge is 0.432 e. The fraction of sp³-hybridized carbons (Fsp3) is 0.368. The van der Waals surface area contributed by atoms with Gasteiger partial charge in [0.2, 0.25) is 0 Å². The van der Waals surface area contributed by atoms with Gasteiger partial charge in [-0.2, -0.15) is 22.0 Å². The Hall–Kier alpha value is -4.15. The summed E-state index contributed by atoms with van der Waals surface area (Å²) in [6, 6.07) is 14.5. The molecule has 0 atom stereocenters. The van der Waals surface area contributed by atoms with E-state index in [4.69, 9.17) is 0 Å². The predicted octanol–water partition coefficient (Wildman–Crippen LogP) is 12.5. The summed E-state index contributed by atoms with van der Waals surface area (Å²) in [5.41, 5.74) is 0.0841. The zero-order chi connectivity index (χ0) is 35.3. The number of hydrogen-bond donors (Lipinski definition) is 0. The zero-order valence-electron chi connectivity index (χ0n) is 26.7. The van der Waals surface area contributed by atoms with E-state index < -0.39 is 59.2 Å². The molecule has 0 radical (unpaired) electrons. The van der Waals surface area contributed by atoms with Gasteiger partial charge in [0.15, 0.2) is 18.2 Å². The quantitative estimate of drug-likeness (QED) is 0.109. The first-order valence-corrected chi connectivity index (χ1v) is 16.2. The summed E-state index contributed by atoms with van der Waals surface area (Å²) in [6.07, 6.45) is 0.327. The van der Waals surface area contributed by atoms with Gasteiger partial charge in [-0.15, -0.1) is 0 Å². The SMILES string of the molecule is CCCCCC1CCC(c2ccc(-c3ccc(-c4cc(F)c(C(F)(F)Oc5ccc(OCC(F)(F)F)c(F)c5)c(F)c4)c(F)c3)cc2)CC1. The van der Waals surface area contributed by atoms with Crippen molar-refractivity contribution in [2.24, 2.45) is 5.92 Å². The summed E-state index contributed by atoms with van der Waals surface area (Å²) in [5.74, 6) is -6.40. The van der Waals surface area contributed by atoms with Gasteiger partial charge in [0.25, 0.3) is 0 Å². The Morgan fingerprint density at radius 2 is 1.29 bits per heavy atom. The lowest BCUT2D eigenvalue weighted by molar-refractivity contribution is -0.189. The predicted molar refractivity (Wildman–Crippen MR) is 169 cm³/mol. The Morgan fingerprint density at radius 1 is 0.653 bits per heavy atom. The molecular weight excluding hydrogens is 659 g/mol. The molecule has 1 aliphatic carbocycles. The van der Waals surface area contributed by atoms with Crippen molar-refractivity contribution in [3.05, 3.63) is 107 Å². The molecule has 0 amide bonds. The molecule has 49 heavy (non-hydrogen) atoms. The molecule has 0 bridgehead atoms. The Kier molecular flexibility index (Phi) is 11.2. The molecule has 1 fully saturated rings. The topological polar surface area (TPSA) is 18.5 Å². The summed E-state index contributed by atoms with van der Waals surface area (Å²) >= 11 is 0. The van der Waals surface area contributed by atoms with Gasteiger partial charge in [-0.05, 0) is 90.1 Å². The lowest BCUT2D eigenvalue weighted by atomic mass is 9.77. The molecule has 0 unspecified atom stereocenters. The van der Waals surface area contributed by atoms with E-state index in [-0.39, 0.29) is 17.2 Å². The second-order valence-electron chi connectivity index (χ2n) is 12.5. The number of alkyl halides is 5. The van der Waals surface area contributed by atoms with E-state index >= 15 is 4.39 Å². The number of benzene rings is 4. The number of rotatable bonds is 12. The van der Waals surface area contributed by atoms with Crippen molar-refractivity contribution in [2.45, 2.75) is 76.5 Å². The van der Waals surface area contributed by atoms with E-state index in [2.05, 4.69) is 16.4 Å². The van der Waals surface area contributed by atoms with Gasteiger partial charge in [0, 0.05) is 11.6 Å². The van der Waals surface area contributed by atoms with Crippen molar-refractivity contribution < 1.29 is 49.0 Å². The van der Waals surface area contributed by atoms with Gasteiger partial charge < -0.3 is 9.47 Å². The maximum Gasteiger partial charge on any atom is 0.432 e. The Bertz CT molecular complexity index is 1700. The van der Waals surface area contributed by atoms with Crippen molar-refractivity contribution in [1.82, 2.24) is 0 Å². The van der Waals surface area contributed by atoms with Crippen LogP contribution in [0.15, 0.2) is 72.8 Å². The molecule has 0 heterocycles. The first-order valence-electron chi connectivity index (χ1n) is 16.2. The fourth-order valence-electron chi connectivity index (χ4n) is 6.37. The van der Waals surface area contributed by atoms with Crippen LogP contribution in [-0.2, 0) is 6.11 Å². The highest BCUT2D eigenvalue weighted by atomic mass is 19.4. The number of ether oxygens (including phenoxy) is 2. The van der Waals surface area contributed by atoms with Crippen molar-refractivity contribution in [2.75, 3.05) is 6.61 Å². The van der Waals surface area contributed by atoms with Gasteiger partial charge >= 0.3 is 12.3 Å². The van der Waals surface area contributed by atoms with E-state index in [9.17, 15) is 35.1 Å². The van der Waals surface area contributed by atoms with Crippen LogP contribution in [0.1, 0.15) is 75.3 Å². The molecule has 0 aliphatic heterocycles. The van der Waals surface area contributed by atoms with Gasteiger partial charge in [0.1, 0.15) is 28.8 Å². The average molecular weight is 695 g/mol. The van der Waals surface area contributed by atoms with Gasteiger partial charge in [0.05, 0.1) is 0 Å². The monoisotopic (exact) mass is 694 g/mol. The van der Waals surface area contributed by atoms with Crippen LogP contribution in [0.2, 0.25) is 0 Å². The Balaban J connectivity index is 1.26. The number of halogens is 9. The summed E-state index contributed by atoms with van der Waals surface area (Å²) in [6.45, 7) is 0.376. The minimum atomic E-state index is -4.78. The number of unbranched alkanes of at least 4 members (excludes halogenated alkanes) is 2. The second kappa shape index (κ2) is 15.2. The molecule has 0 N–H and O–H groups in total. The first kappa shape index (κ1) is 36.1. The third-order valence-electron chi connectivity index (χ3n) is 8.93. The van der Waals surface area contributed by atoms with Crippen LogP contribution in [0.3, 0.4) is 0 Å². The van der Waals surface area contributed by atoms with E-state index in [0.29, 0.717) is 35.7 Å². The summed E-state index contributed by atoms with van der Waals surface area (Å²) in [4.78, 5) is 0. The van der Waals surface area contributed by atoms with Crippen LogP contribution in [0.5, 0.6) is 11.5 Å². The minimum Gasteiger partial charge on any atom is -0.481 e. The average Bonchev–Trinajstić information content (AvgIpc) is 3.04. The van der Waals surface area contributed by atoms with Gasteiger partial charge in [-0.1, -0.05) is 69.0 Å². The lowest BCUT2D eigenvalue weighted by Crippen LogP contribution is -2.25. The highest BCUT2D eigenvalue weighted by Crippen LogP contribution is 2.40. The Morgan fingerprint density at radius 3 is 1.88 bits per heavy atom. The minimum absolute atomic E-state index is 0.235. The number of hydrogen-bond acceptors (Lipinski definition) is 2. The van der Waals surface area contributed by atoms with Crippen LogP contribution in [0.25, 0.3) is 22.3 Å². The van der Waals surface area contributed by atoms with Crippen molar-refractivity contribution in [3.63, 3.8) is 0 Å². The first-order chi connectivity index (χ1) is 23.2. The molecule has 1 saturated carbocycles. The highest BCUT2D eigenvalue weighted by Gasteiger charge is 2.41. The molecule has 0 aromatic heterocycles. The Labute approximate surface area is 278 Å². The maximum absolute atomic E-state index is 15.3. The third kappa shape index (κ3) is 9.10. The third-order valence-corrected chi connectivity index (χ3v) is 8.93. The van der Waals surface area contributed by atoms with Crippen LogP contribution < -0.4 is 9.47 Å². The molecule has 4 aromatic carbocycles.